The number of hydrogen-bond acceptors (Lipinski definition) is 2. The van der Waals surface area contributed by atoms with Gasteiger partial charge >= 0.3 is 6.18 Å². The van der Waals surface area contributed by atoms with Crippen molar-refractivity contribution in [3.05, 3.63) is 58.2 Å². The number of rotatable bonds is 3. The Morgan fingerprint density at radius 2 is 1.79 bits per heavy atom. The van der Waals surface area contributed by atoms with Gasteiger partial charge in [0.25, 0.3) is 0 Å². The van der Waals surface area contributed by atoms with Crippen LogP contribution < -0.4 is 4.74 Å². The molecule has 6 heteroatoms. The Labute approximate surface area is 116 Å². The maximum atomic E-state index is 12.7. The fourth-order valence-electron chi connectivity index (χ4n) is 1.47. The first kappa shape index (κ1) is 13.9. The summed E-state index contributed by atoms with van der Waals surface area (Å²) >= 11 is 2.88. The van der Waals surface area contributed by atoms with E-state index in [9.17, 15) is 13.2 Å². The molecular weight excluding hydrogens is 323 g/mol. The fourth-order valence-corrected chi connectivity index (χ4v) is 2.04. The van der Waals surface area contributed by atoms with Gasteiger partial charge in [0.15, 0.2) is 0 Å². The van der Waals surface area contributed by atoms with Gasteiger partial charge in [0.1, 0.15) is 6.61 Å². The SMILES string of the molecule is FC(F)(F)c1ccnc(OCc2ccccc2)c1Br. The monoisotopic (exact) mass is 331 g/mol. The molecule has 1 aromatic carbocycles. The van der Waals surface area contributed by atoms with Crippen molar-refractivity contribution in [1.29, 1.82) is 0 Å². The van der Waals surface area contributed by atoms with Crippen molar-refractivity contribution in [3.63, 3.8) is 0 Å². The minimum absolute atomic E-state index is 0.0707. The summed E-state index contributed by atoms with van der Waals surface area (Å²) in [5, 5.41) is 0. The summed E-state index contributed by atoms with van der Waals surface area (Å²) in [7, 11) is 0. The molecule has 1 aromatic heterocycles. The van der Waals surface area contributed by atoms with Crippen molar-refractivity contribution in [2.24, 2.45) is 0 Å². The maximum absolute atomic E-state index is 12.7. The lowest BCUT2D eigenvalue weighted by Crippen LogP contribution is -2.08. The molecule has 0 radical (unpaired) electrons. The summed E-state index contributed by atoms with van der Waals surface area (Å²) in [6.45, 7) is 0.160. The molecule has 0 spiro atoms. The van der Waals surface area contributed by atoms with Crippen LogP contribution in [0.1, 0.15) is 11.1 Å². The Balaban J connectivity index is 2.18. The molecule has 2 nitrogen and oxygen atoms in total. The van der Waals surface area contributed by atoms with Crippen LogP contribution in [0.15, 0.2) is 47.1 Å². The maximum Gasteiger partial charge on any atom is 0.417 e. The summed E-state index contributed by atoms with van der Waals surface area (Å²) in [5.74, 6) is -0.0707. The Bertz CT molecular complexity index is 558. The average molecular weight is 332 g/mol. The second-order valence-electron chi connectivity index (χ2n) is 3.75. The number of benzene rings is 1. The van der Waals surface area contributed by atoms with Gasteiger partial charge in [-0.3, -0.25) is 0 Å². The molecule has 0 saturated heterocycles. The third kappa shape index (κ3) is 3.47. The largest absolute Gasteiger partial charge is 0.472 e. The van der Waals surface area contributed by atoms with Crippen molar-refractivity contribution in [3.8, 4) is 5.88 Å². The molecule has 0 aliphatic heterocycles. The summed E-state index contributed by atoms with van der Waals surface area (Å²) in [4.78, 5) is 3.80. The topological polar surface area (TPSA) is 22.1 Å². The Morgan fingerprint density at radius 3 is 2.42 bits per heavy atom. The van der Waals surface area contributed by atoms with Gasteiger partial charge in [-0.05, 0) is 27.6 Å². The van der Waals surface area contributed by atoms with E-state index in [1.807, 2.05) is 30.3 Å². The van der Waals surface area contributed by atoms with Crippen molar-refractivity contribution >= 4 is 15.9 Å². The highest BCUT2D eigenvalue weighted by Crippen LogP contribution is 2.38. The predicted octanol–water partition coefficient (Wildman–Crippen LogP) is 4.44. The molecule has 100 valence electrons. The molecule has 0 atom stereocenters. The minimum Gasteiger partial charge on any atom is -0.472 e. The van der Waals surface area contributed by atoms with Crippen molar-refractivity contribution in [2.75, 3.05) is 0 Å². The minimum atomic E-state index is -4.44. The van der Waals surface area contributed by atoms with Crippen LogP contribution in [0.4, 0.5) is 13.2 Å². The first-order valence-electron chi connectivity index (χ1n) is 5.37. The summed E-state index contributed by atoms with van der Waals surface area (Å²) in [5.41, 5.74) is 0.0548. The molecule has 2 aromatic rings. The molecule has 0 aliphatic carbocycles. The van der Waals surface area contributed by atoms with E-state index in [0.29, 0.717) is 0 Å². The number of ether oxygens (including phenoxy) is 1. The molecule has 0 aliphatic rings. The van der Waals surface area contributed by atoms with Crippen molar-refractivity contribution in [1.82, 2.24) is 4.98 Å². The van der Waals surface area contributed by atoms with Gasteiger partial charge in [-0.15, -0.1) is 0 Å². The van der Waals surface area contributed by atoms with Crippen LogP contribution in [0.25, 0.3) is 0 Å². The van der Waals surface area contributed by atoms with Crippen LogP contribution in [0.2, 0.25) is 0 Å². The van der Waals surface area contributed by atoms with Gasteiger partial charge in [-0.1, -0.05) is 30.3 Å². The molecule has 0 amide bonds. The molecule has 0 unspecified atom stereocenters. The van der Waals surface area contributed by atoms with Crippen molar-refractivity contribution in [2.45, 2.75) is 12.8 Å². The Hall–Kier alpha value is -1.56. The highest BCUT2D eigenvalue weighted by molar-refractivity contribution is 9.10. The van der Waals surface area contributed by atoms with E-state index < -0.39 is 11.7 Å². The second kappa shape index (κ2) is 5.61. The van der Waals surface area contributed by atoms with E-state index in [-0.39, 0.29) is 17.0 Å². The summed E-state index contributed by atoms with van der Waals surface area (Å²) in [6, 6.07) is 10.0. The molecular formula is C13H9BrF3NO. The Morgan fingerprint density at radius 1 is 1.11 bits per heavy atom. The highest BCUT2D eigenvalue weighted by atomic mass is 79.9. The average Bonchev–Trinajstić information content (AvgIpc) is 2.37. The standard InChI is InChI=1S/C13H9BrF3NO/c14-11-10(13(15,16)17)6-7-18-12(11)19-8-9-4-2-1-3-5-9/h1-7H,8H2. The quantitative estimate of drug-likeness (QED) is 0.829. The number of alkyl halides is 3. The molecule has 0 saturated carbocycles. The number of hydrogen-bond donors (Lipinski definition) is 0. The molecule has 19 heavy (non-hydrogen) atoms. The van der Waals surface area contributed by atoms with Crippen LogP contribution in [-0.2, 0) is 12.8 Å². The summed E-state index contributed by atoms with van der Waals surface area (Å²) < 4.78 is 43.2. The van der Waals surface area contributed by atoms with Gasteiger partial charge in [-0.25, -0.2) is 4.98 Å². The van der Waals surface area contributed by atoms with Crippen LogP contribution >= 0.6 is 15.9 Å². The van der Waals surface area contributed by atoms with Crippen molar-refractivity contribution < 1.29 is 17.9 Å². The van der Waals surface area contributed by atoms with Crippen LogP contribution in [0, 0.1) is 0 Å². The molecule has 2 rings (SSSR count). The van der Waals surface area contributed by atoms with Gasteiger partial charge in [0.2, 0.25) is 5.88 Å². The van der Waals surface area contributed by atoms with E-state index >= 15 is 0 Å². The van der Waals surface area contributed by atoms with Gasteiger partial charge in [-0.2, -0.15) is 13.2 Å². The van der Waals surface area contributed by atoms with E-state index in [0.717, 1.165) is 17.8 Å². The first-order chi connectivity index (χ1) is 8.98. The third-order valence-corrected chi connectivity index (χ3v) is 3.15. The molecule has 0 bridgehead atoms. The third-order valence-electron chi connectivity index (χ3n) is 2.38. The van der Waals surface area contributed by atoms with E-state index in [1.54, 1.807) is 0 Å². The Kier molecular flexibility index (Phi) is 4.09. The smallest absolute Gasteiger partial charge is 0.417 e. The van der Waals surface area contributed by atoms with Crippen LogP contribution in [-0.4, -0.2) is 4.98 Å². The second-order valence-corrected chi connectivity index (χ2v) is 4.54. The number of halogens is 4. The normalized spacial score (nSPS) is 11.4. The fraction of sp³-hybridized carbons (Fsp3) is 0.154. The molecule has 0 fully saturated rings. The zero-order valence-corrected chi connectivity index (χ0v) is 11.2. The van der Waals surface area contributed by atoms with E-state index in [1.165, 1.54) is 0 Å². The van der Waals surface area contributed by atoms with Crippen LogP contribution in [0.3, 0.4) is 0 Å². The summed E-state index contributed by atoms with van der Waals surface area (Å²) in [6.07, 6.45) is -3.36. The van der Waals surface area contributed by atoms with Gasteiger partial charge in [0.05, 0.1) is 10.0 Å². The van der Waals surface area contributed by atoms with E-state index in [4.69, 9.17) is 4.74 Å². The number of pyridine rings is 1. The van der Waals surface area contributed by atoms with Gasteiger partial charge < -0.3 is 4.74 Å². The lowest BCUT2D eigenvalue weighted by atomic mass is 10.2. The lowest BCUT2D eigenvalue weighted by Gasteiger charge is -2.12. The zero-order valence-electron chi connectivity index (χ0n) is 9.62. The lowest BCUT2D eigenvalue weighted by molar-refractivity contribution is -0.138. The van der Waals surface area contributed by atoms with E-state index in [2.05, 4.69) is 20.9 Å². The zero-order chi connectivity index (χ0) is 13.9. The first-order valence-corrected chi connectivity index (χ1v) is 6.16. The highest BCUT2D eigenvalue weighted by Gasteiger charge is 2.34. The number of nitrogens with zero attached hydrogens (tertiary/aromatic N) is 1. The van der Waals surface area contributed by atoms with Crippen LogP contribution in [0.5, 0.6) is 5.88 Å². The molecule has 1 heterocycles. The number of aromatic nitrogens is 1. The predicted molar refractivity (Wildman–Crippen MR) is 67.7 cm³/mol. The van der Waals surface area contributed by atoms with Gasteiger partial charge in [0, 0.05) is 6.20 Å². The molecule has 0 N–H and O–H groups in total.